The lowest BCUT2D eigenvalue weighted by molar-refractivity contribution is 0.404. The van der Waals surface area contributed by atoms with E-state index in [1.165, 1.54) is 16.7 Å². The predicted molar refractivity (Wildman–Crippen MR) is 113 cm³/mol. The van der Waals surface area contributed by atoms with Gasteiger partial charge >= 0.3 is 0 Å². The maximum Gasteiger partial charge on any atom is 0.133 e. The van der Waals surface area contributed by atoms with Gasteiger partial charge in [-0.2, -0.15) is 5.10 Å². The van der Waals surface area contributed by atoms with E-state index < -0.39 is 0 Å². The molecule has 0 atom stereocenters. The second-order valence-electron chi connectivity index (χ2n) is 7.26. The monoisotopic (exact) mass is 377 g/mol. The highest BCUT2D eigenvalue weighted by Gasteiger charge is 2.24. The van der Waals surface area contributed by atoms with E-state index in [0.717, 1.165) is 60.1 Å². The molecule has 3 aromatic rings. The number of nitrogens with zero attached hydrogens (tertiary/aromatic N) is 2. The lowest BCUT2D eigenvalue weighted by atomic mass is 10.0. The van der Waals surface area contributed by atoms with Crippen LogP contribution in [-0.2, 0) is 6.42 Å². The highest BCUT2D eigenvalue weighted by atomic mass is 16.5. The molecule has 0 bridgehead atoms. The average Bonchev–Trinajstić information content (AvgIpc) is 2.90. The Bertz CT molecular complexity index is 1010. The molecule has 0 saturated heterocycles. The summed E-state index contributed by atoms with van der Waals surface area (Å²) in [6, 6.07) is 12.2. The number of anilines is 1. The van der Waals surface area contributed by atoms with Crippen LogP contribution in [0.15, 0.2) is 36.4 Å². The predicted octanol–water partition coefficient (Wildman–Crippen LogP) is 4.92. The molecule has 0 fully saturated rings. The molecule has 1 aliphatic heterocycles. The quantitative estimate of drug-likeness (QED) is 0.701. The lowest BCUT2D eigenvalue weighted by Crippen LogP contribution is -2.08. The summed E-state index contributed by atoms with van der Waals surface area (Å²) < 4.78 is 13.2. The smallest absolute Gasteiger partial charge is 0.133 e. The van der Waals surface area contributed by atoms with Gasteiger partial charge < -0.3 is 14.8 Å². The van der Waals surface area contributed by atoms with Crippen LogP contribution in [0, 0.1) is 13.8 Å². The molecular weight excluding hydrogens is 350 g/mol. The van der Waals surface area contributed by atoms with Gasteiger partial charge in [0.2, 0.25) is 0 Å². The van der Waals surface area contributed by atoms with E-state index in [2.05, 4.69) is 42.0 Å². The van der Waals surface area contributed by atoms with Crippen molar-refractivity contribution in [2.45, 2.75) is 33.1 Å². The van der Waals surface area contributed by atoms with E-state index in [-0.39, 0.29) is 0 Å². The number of aryl methyl sites for hydroxylation is 1. The van der Waals surface area contributed by atoms with E-state index in [9.17, 15) is 0 Å². The minimum absolute atomic E-state index is 0.799. The van der Waals surface area contributed by atoms with Gasteiger partial charge in [-0.1, -0.05) is 12.1 Å². The molecule has 2 aromatic carbocycles. The fourth-order valence-electron chi connectivity index (χ4n) is 3.86. The molecule has 0 unspecified atom stereocenters. The Labute approximate surface area is 166 Å². The summed E-state index contributed by atoms with van der Waals surface area (Å²) in [6.45, 7) is 5.25. The molecule has 146 valence electrons. The maximum absolute atomic E-state index is 5.65. The molecule has 0 aliphatic carbocycles. The molecule has 0 saturated carbocycles. The Kier molecular flexibility index (Phi) is 4.99. The number of nitrogens with one attached hydrogen (secondary N) is 1. The minimum atomic E-state index is 0.799. The van der Waals surface area contributed by atoms with Crippen LogP contribution in [0.5, 0.6) is 11.5 Å². The Morgan fingerprint density at radius 1 is 1.04 bits per heavy atom. The molecule has 0 radical (unpaired) electrons. The first kappa shape index (κ1) is 18.4. The zero-order valence-corrected chi connectivity index (χ0v) is 17.0. The van der Waals surface area contributed by atoms with Crippen LogP contribution in [0.1, 0.15) is 29.5 Å². The summed E-state index contributed by atoms with van der Waals surface area (Å²) in [5.41, 5.74) is 6.77. The molecule has 1 N–H and O–H groups in total. The van der Waals surface area contributed by atoms with Crippen molar-refractivity contribution in [3.05, 3.63) is 53.1 Å². The zero-order valence-electron chi connectivity index (χ0n) is 17.0. The molecule has 1 aliphatic rings. The Hall–Kier alpha value is -2.95. The van der Waals surface area contributed by atoms with Crippen molar-refractivity contribution in [2.24, 2.45) is 0 Å². The van der Waals surface area contributed by atoms with E-state index in [1.54, 1.807) is 14.2 Å². The van der Waals surface area contributed by atoms with Crippen molar-refractivity contribution < 1.29 is 9.47 Å². The number of hydrogen-bond donors (Lipinski definition) is 1. The Morgan fingerprint density at radius 3 is 2.68 bits per heavy atom. The standard InChI is InChI=1S/C23H27N3O2/c1-15-8-7-10-20(16(15)2)26-23-18(9-5-6-13-24-23)22(25-26)19-14-17(27-3)11-12-21(19)28-4/h7-8,10-12,14,24H,5-6,9,13H2,1-4H3. The third-order valence-corrected chi connectivity index (χ3v) is 5.60. The fraction of sp³-hybridized carbons (Fsp3) is 0.348. The fourth-order valence-corrected chi connectivity index (χ4v) is 3.86. The van der Waals surface area contributed by atoms with Crippen molar-refractivity contribution in [3.63, 3.8) is 0 Å². The molecule has 4 rings (SSSR count). The summed E-state index contributed by atoms with van der Waals surface area (Å²) in [4.78, 5) is 0. The molecule has 0 amide bonds. The molecule has 0 spiro atoms. The molecule has 2 heterocycles. The number of rotatable bonds is 4. The number of methoxy groups -OCH3 is 2. The number of hydrogen-bond acceptors (Lipinski definition) is 4. The van der Waals surface area contributed by atoms with Gasteiger partial charge in [0.1, 0.15) is 23.0 Å². The van der Waals surface area contributed by atoms with Crippen LogP contribution in [0.4, 0.5) is 5.82 Å². The number of aromatic nitrogens is 2. The van der Waals surface area contributed by atoms with Crippen molar-refractivity contribution in [1.29, 1.82) is 0 Å². The van der Waals surface area contributed by atoms with Crippen molar-refractivity contribution in [1.82, 2.24) is 9.78 Å². The maximum atomic E-state index is 5.65. The van der Waals surface area contributed by atoms with Gasteiger partial charge in [-0.05, 0) is 68.5 Å². The lowest BCUT2D eigenvalue weighted by Gasteiger charge is -2.13. The number of ether oxygens (including phenoxy) is 2. The van der Waals surface area contributed by atoms with Crippen LogP contribution >= 0.6 is 0 Å². The van der Waals surface area contributed by atoms with Gasteiger partial charge in [-0.15, -0.1) is 0 Å². The summed E-state index contributed by atoms with van der Waals surface area (Å²) >= 11 is 0. The minimum Gasteiger partial charge on any atom is -0.497 e. The van der Waals surface area contributed by atoms with Gasteiger partial charge in [0.25, 0.3) is 0 Å². The van der Waals surface area contributed by atoms with Gasteiger partial charge in [-0.25, -0.2) is 4.68 Å². The van der Waals surface area contributed by atoms with Crippen LogP contribution in [0.25, 0.3) is 16.9 Å². The molecule has 1 aromatic heterocycles. The van der Waals surface area contributed by atoms with E-state index >= 15 is 0 Å². The molecule has 28 heavy (non-hydrogen) atoms. The third kappa shape index (κ3) is 3.11. The normalized spacial score (nSPS) is 13.4. The first-order valence-corrected chi connectivity index (χ1v) is 9.78. The van der Waals surface area contributed by atoms with Crippen LogP contribution in [0.2, 0.25) is 0 Å². The van der Waals surface area contributed by atoms with Gasteiger partial charge in [0.05, 0.1) is 19.9 Å². The molecular formula is C23H27N3O2. The third-order valence-electron chi connectivity index (χ3n) is 5.60. The summed E-state index contributed by atoms with van der Waals surface area (Å²) in [7, 11) is 3.38. The highest BCUT2D eigenvalue weighted by Crippen LogP contribution is 2.40. The highest BCUT2D eigenvalue weighted by molar-refractivity contribution is 5.77. The van der Waals surface area contributed by atoms with Gasteiger partial charge in [0, 0.05) is 17.7 Å². The van der Waals surface area contributed by atoms with E-state index in [4.69, 9.17) is 14.6 Å². The molecule has 5 nitrogen and oxygen atoms in total. The number of fused-ring (bicyclic) bond motifs is 1. The number of benzene rings is 2. The zero-order chi connectivity index (χ0) is 19.7. The summed E-state index contributed by atoms with van der Waals surface area (Å²) in [6.07, 6.45) is 3.27. The summed E-state index contributed by atoms with van der Waals surface area (Å²) in [5, 5.41) is 8.70. The van der Waals surface area contributed by atoms with Gasteiger partial charge in [0.15, 0.2) is 0 Å². The first-order valence-electron chi connectivity index (χ1n) is 9.78. The Morgan fingerprint density at radius 2 is 1.89 bits per heavy atom. The van der Waals surface area contributed by atoms with E-state index in [1.807, 2.05) is 18.2 Å². The van der Waals surface area contributed by atoms with Crippen molar-refractivity contribution in [3.8, 4) is 28.4 Å². The second-order valence-corrected chi connectivity index (χ2v) is 7.26. The largest absolute Gasteiger partial charge is 0.497 e. The average molecular weight is 377 g/mol. The van der Waals surface area contributed by atoms with Crippen molar-refractivity contribution in [2.75, 3.05) is 26.1 Å². The summed E-state index contributed by atoms with van der Waals surface area (Å²) in [5.74, 6) is 2.69. The topological polar surface area (TPSA) is 48.3 Å². The Balaban J connectivity index is 1.97. The van der Waals surface area contributed by atoms with Crippen LogP contribution in [-0.4, -0.2) is 30.5 Å². The molecule has 5 heteroatoms. The van der Waals surface area contributed by atoms with Crippen LogP contribution in [0.3, 0.4) is 0 Å². The first-order chi connectivity index (χ1) is 13.6. The SMILES string of the molecule is COc1ccc(OC)c(-c2nn(-c3cccc(C)c3C)c3c2CCCCN3)c1. The second kappa shape index (κ2) is 7.58. The van der Waals surface area contributed by atoms with E-state index in [0.29, 0.717) is 0 Å². The van der Waals surface area contributed by atoms with Gasteiger partial charge in [-0.3, -0.25) is 0 Å². The van der Waals surface area contributed by atoms with Crippen LogP contribution < -0.4 is 14.8 Å². The van der Waals surface area contributed by atoms with Crippen molar-refractivity contribution >= 4 is 5.82 Å².